The maximum atomic E-state index is 3.53. The quantitative estimate of drug-likeness (QED) is 0.602. The van der Waals surface area contributed by atoms with Crippen molar-refractivity contribution in [2.75, 3.05) is 0 Å². The standard InChI is InChI=1S/C16H14/c1-11-7-15-9-13-5-3-4-6-14(13)10-16(15)8-12(11)2/h3-7,9-10,12H,1-2H3. The lowest BCUT2D eigenvalue weighted by molar-refractivity contribution is 0.805. The van der Waals surface area contributed by atoms with Gasteiger partial charge in [-0.2, -0.15) is 0 Å². The fraction of sp³-hybridized carbons (Fsp3) is 0.188. The molecule has 0 bridgehead atoms. The first-order valence-corrected chi connectivity index (χ1v) is 5.71. The monoisotopic (exact) mass is 206 g/mol. The van der Waals surface area contributed by atoms with Gasteiger partial charge < -0.3 is 0 Å². The summed E-state index contributed by atoms with van der Waals surface area (Å²) in [5.74, 6) is 0.439. The highest BCUT2D eigenvalue weighted by Crippen LogP contribution is 2.32. The Labute approximate surface area is 96.6 Å². The van der Waals surface area contributed by atoms with Gasteiger partial charge in [0.2, 0.25) is 0 Å². The molecule has 0 aromatic heterocycles. The second-order valence-corrected chi connectivity index (χ2v) is 4.54. The lowest BCUT2D eigenvalue weighted by atomic mass is 9.84. The number of allylic oxidation sites excluding steroid dienone is 1. The number of benzene rings is 2. The van der Waals surface area contributed by atoms with Crippen LogP contribution >= 0.6 is 0 Å². The molecule has 2 radical (unpaired) electrons. The van der Waals surface area contributed by atoms with Gasteiger partial charge in [-0.05, 0) is 46.9 Å². The first-order valence-electron chi connectivity index (χ1n) is 5.71. The SMILES string of the molecule is CC1=Cc2cc3ccccc3cc2[C]C1C. The zero-order chi connectivity index (χ0) is 11.1. The van der Waals surface area contributed by atoms with Gasteiger partial charge in [0.15, 0.2) is 0 Å². The maximum absolute atomic E-state index is 3.53. The molecule has 0 saturated carbocycles. The molecular formula is C16H14. The summed E-state index contributed by atoms with van der Waals surface area (Å²) in [7, 11) is 0. The van der Waals surface area contributed by atoms with Gasteiger partial charge in [-0.15, -0.1) is 0 Å². The van der Waals surface area contributed by atoms with Gasteiger partial charge in [-0.3, -0.25) is 0 Å². The van der Waals surface area contributed by atoms with Crippen LogP contribution in [0.4, 0.5) is 0 Å². The van der Waals surface area contributed by atoms with E-state index in [1.807, 2.05) is 0 Å². The number of fused-ring (bicyclic) bond motifs is 2. The molecule has 3 rings (SSSR count). The third kappa shape index (κ3) is 1.46. The van der Waals surface area contributed by atoms with E-state index in [1.165, 1.54) is 27.5 Å². The van der Waals surface area contributed by atoms with Crippen LogP contribution in [-0.4, -0.2) is 0 Å². The Balaban J connectivity index is 2.26. The Bertz CT molecular complexity index is 576. The van der Waals surface area contributed by atoms with E-state index in [9.17, 15) is 0 Å². The van der Waals surface area contributed by atoms with E-state index in [1.54, 1.807) is 0 Å². The van der Waals surface area contributed by atoms with Crippen LogP contribution < -0.4 is 0 Å². The van der Waals surface area contributed by atoms with Crippen molar-refractivity contribution >= 4 is 16.8 Å². The van der Waals surface area contributed by atoms with E-state index in [0.717, 1.165) is 0 Å². The van der Waals surface area contributed by atoms with Gasteiger partial charge in [-0.1, -0.05) is 42.8 Å². The minimum Gasteiger partial charge on any atom is -0.0689 e. The minimum absolute atomic E-state index is 0.439. The maximum Gasteiger partial charge on any atom is 0.0245 e. The van der Waals surface area contributed by atoms with Crippen LogP contribution in [0.1, 0.15) is 25.0 Å². The van der Waals surface area contributed by atoms with E-state index in [-0.39, 0.29) is 0 Å². The molecule has 2 aromatic carbocycles. The van der Waals surface area contributed by atoms with E-state index < -0.39 is 0 Å². The fourth-order valence-corrected chi connectivity index (χ4v) is 2.22. The molecule has 0 amide bonds. The number of hydrogen-bond acceptors (Lipinski definition) is 0. The van der Waals surface area contributed by atoms with Crippen molar-refractivity contribution in [2.24, 2.45) is 5.92 Å². The van der Waals surface area contributed by atoms with Crippen LogP contribution in [-0.2, 0) is 0 Å². The van der Waals surface area contributed by atoms with Crippen LogP contribution in [0.25, 0.3) is 16.8 Å². The van der Waals surface area contributed by atoms with E-state index in [2.05, 4.69) is 62.7 Å². The second-order valence-electron chi connectivity index (χ2n) is 4.54. The van der Waals surface area contributed by atoms with Crippen molar-refractivity contribution in [1.29, 1.82) is 0 Å². The largest absolute Gasteiger partial charge is 0.0689 e. The van der Waals surface area contributed by atoms with Crippen LogP contribution in [0.15, 0.2) is 42.0 Å². The molecule has 78 valence electrons. The highest BCUT2D eigenvalue weighted by atomic mass is 14.2. The first kappa shape index (κ1) is 9.65. The van der Waals surface area contributed by atoms with Crippen molar-refractivity contribution in [2.45, 2.75) is 13.8 Å². The van der Waals surface area contributed by atoms with Gasteiger partial charge in [-0.25, -0.2) is 0 Å². The average Bonchev–Trinajstić information content (AvgIpc) is 2.28. The summed E-state index contributed by atoms with van der Waals surface area (Å²) in [6.45, 7) is 4.37. The molecule has 0 heterocycles. The zero-order valence-electron chi connectivity index (χ0n) is 9.62. The topological polar surface area (TPSA) is 0 Å². The summed E-state index contributed by atoms with van der Waals surface area (Å²) in [5.41, 5.74) is 3.94. The van der Waals surface area contributed by atoms with Crippen molar-refractivity contribution < 1.29 is 0 Å². The van der Waals surface area contributed by atoms with Crippen LogP contribution in [0.5, 0.6) is 0 Å². The summed E-state index contributed by atoms with van der Waals surface area (Å²) >= 11 is 0. The first-order chi connectivity index (χ1) is 7.74. The third-order valence-corrected chi connectivity index (χ3v) is 3.36. The normalized spacial score (nSPS) is 19.4. The van der Waals surface area contributed by atoms with Gasteiger partial charge >= 0.3 is 0 Å². The molecule has 0 saturated heterocycles. The highest BCUT2D eigenvalue weighted by molar-refractivity contribution is 5.87. The molecule has 0 heteroatoms. The molecule has 2 aromatic rings. The number of hydrogen-bond donors (Lipinski definition) is 0. The molecule has 1 unspecified atom stereocenters. The van der Waals surface area contributed by atoms with Crippen molar-refractivity contribution in [1.82, 2.24) is 0 Å². The molecule has 1 aliphatic rings. The summed E-state index contributed by atoms with van der Waals surface area (Å²) in [5, 5.41) is 2.61. The molecule has 0 N–H and O–H groups in total. The zero-order valence-corrected chi connectivity index (χ0v) is 9.62. The molecule has 0 aliphatic heterocycles. The molecule has 16 heavy (non-hydrogen) atoms. The summed E-state index contributed by atoms with van der Waals surface area (Å²) < 4.78 is 0. The van der Waals surface area contributed by atoms with Gasteiger partial charge in [0.1, 0.15) is 0 Å². The van der Waals surface area contributed by atoms with Gasteiger partial charge in [0, 0.05) is 6.42 Å². The summed E-state index contributed by atoms with van der Waals surface area (Å²) in [4.78, 5) is 0. The van der Waals surface area contributed by atoms with Crippen LogP contribution in [0.3, 0.4) is 0 Å². The van der Waals surface area contributed by atoms with E-state index >= 15 is 0 Å². The van der Waals surface area contributed by atoms with Gasteiger partial charge in [0.05, 0.1) is 0 Å². The fourth-order valence-electron chi connectivity index (χ4n) is 2.22. The Morgan fingerprint density at radius 3 is 2.50 bits per heavy atom. The van der Waals surface area contributed by atoms with Gasteiger partial charge in [0.25, 0.3) is 0 Å². The predicted molar refractivity (Wildman–Crippen MR) is 69.1 cm³/mol. The highest BCUT2D eigenvalue weighted by Gasteiger charge is 2.15. The summed E-state index contributed by atoms with van der Waals surface area (Å²) in [6.07, 6.45) is 5.81. The Kier molecular flexibility index (Phi) is 2.10. The lowest BCUT2D eigenvalue weighted by Gasteiger charge is -2.20. The van der Waals surface area contributed by atoms with Crippen LogP contribution in [0.2, 0.25) is 0 Å². The molecular weight excluding hydrogens is 192 g/mol. The molecule has 0 fully saturated rings. The van der Waals surface area contributed by atoms with Crippen molar-refractivity contribution in [3.05, 3.63) is 59.5 Å². The predicted octanol–water partition coefficient (Wildman–Crippen LogP) is 4.32. The van der Waals surface area contributed by atoms with Crippen LogP contribution in [0, 0.1) is 12.3 Å². The minimum atomic E-state index is 0.439. The second kappa shape index (κ2) is 3.48. The van der Waals surface area contributed by atoms with Crippen molar-refractivity contribution in [3.8, 4) is 0 Å². The average molecular weight is 206 g/mol. The molecule has 0 spiro atoms. The Hall–Kier alpha value is -1.56. The molecule has 0 nitrogen and oxygen atoms in total. The lowest BCUT2D eigenvalue weighted by Crippen LogP contribution is -2.05. The molecule has 1 atom stereocenters. The van der Waals surface area contributed by atoms with Crippen molar-refractivity contribution in [3.63, 3.8) is 0 Å². The van der Waals surface area contributed by atoms with E-state index in [4.69, 9.17) is 0 Å². The number of rotatable bonds is 0. The smallest absolute Gasteiger partial charge is 0.0245 e. The third-order valence-electron chi connectivity index (χ3n) is 3.36. The molecule has 1 aliphatic carbocycles. The summed E-state index contributed by atoms with van der Waals surface area (Å²) in [6, 6.07) is 13.0. The Morgan fingerprint density at radius 2 is 1.75 bits per heavy atom. The Morgan fingerprint density at radius 1 is 1.06 bits per heavy atom. The van der Waals surface area contributed by atoms with E-state index in [0.29, 0.717) is 5.92 Å².